The lowest BCUT2D eigenvalue weighted by Gasteiger charge is -2.07. The van der Waals surface area contributed by atoms with E-state index >= 15 is 0 Å². The summed E-state index contributed by atoms with van der Waals surface area (Å²) >= 11 is 7.47. The number of hydrogen-bond donors (Lipinski definition) is 1. The molecule has 2 rings (SSSR count). The molecule has 0 fully saturated rings. The lowest BCUT2D eigenvalue weighted by molar-refractivity contribution is 0.0948. The van der Waals surface area contributed by atoms with E-state index in [9.17, 15) is 4.79 Å². The van der Waals surface area contributed by atoms with Gasteiger partial charge in [-0.1, -0.05) is 60.6 Å². The number of aromatic nitrogens is 2. The van der Waals surface area contributed by atoms with E-state index in [1.165, 1.54) is 23.5 Å². The molecule has 110 valence electrons. The molecule has 0 atom stereocenters. The number of nitrogens with one attached hydrogen (secondary N) is 1. The van der Waals surface area contributed by atoms with Crippen molar-refractivity contribution in [3.63, 3.8) is 0 Å². The van der Waals surface area contributed by atoms with Gasteiger partial charge in [-0.2, -0.15) is 0 Å². The summed E-state index contributed by atoms with van der Waals surface area (Å²) in [5.74, 6) is 0.577. The monoisotopic (exact) mass is 321 g/mol. The largest absolute Gasteiger partial charge is 0.350 e. The van der Waals surface area contributed by atoms with Crippen LogP contribution in [0.4, 0.5) is 0 Å². The van der Waals surface area contributed by atoms with Gasteiger partial charge in [-0.15, -0.1) is 0 Å². The molecule has 0 aliphatic carbocycles. The summed E-state index contributed by atoms with van der Waals surface area (Å²) in [6.45, 7) is 2.54. The van der Waals surface area contributed by atoms with Crippen LogP contribution in [0.1, 0.15) is 23.0 Å². The molecule has 0 saturated heterocycles. The molecular weight excluding hydrogens is 306 g/mol. The molecule has 0 spiro atoms. The van der Waals surface area contributed by atoms with Crippen LogP contribution in [-0.2, 0) is 6.42 Å². The summed E-state index contributed by atoms with van der Waals surface area (Å²) in [6, 6.07) is 9.98. The van der Waals surface area contributed by atoms with Gasteiger partial charge >= 0.3 is 0 Å². The topological polar surface area (TPSA) is 54.9 Å². The molecule has 1 aromatic carbocycles. The first-order valence-electron chi connectivity index (χ1n) is 6.68. The summed E-state index contributed by atoms with van der Waals surface area (Å²) in [6.07, 6.45) is 2.24. The van der Waals surface area contributed by atoms with Crippen LogP contribution in [0, 0.1) is 0 Å². The lowest BCUT2D eigenvalue weighted by Crippen LogP contribution is -2.27. The number of carbonyl (C=O) groups excluding carboxylic acids is 1. The van der Waals surface area contributed by atoms with Crippen molar-refractivity contribution in [3.05, 3.63) is 52.8 Å². The van der Waals surface area contributed by atoms with Gasteiger partial charge in [0, 0.05) is 6.54 Å². The molecule has 2 aromatic rings. The number of hydrogen-bond acceptors (Lipinski definition) is 4. The SMILES string of the molecule is CCSc1ncc(Cl)c(C(=O)NCCc2ccccc2)n1. The molecule has 4 nitrogen and oxygen atoms in total. The van der Waals surface area contributed by atoms with E-state index in [0.717, 1.165) is 12.2 Å². The number of nitrogens with zero attached hydrogens (tertiary/aromatic N) is 2. The molecule has 6 heteroatoms. The highest BCUT2D eigenvalue weighted by Crippen LogP contribution is 2.17. The Hall–Kier alpha value is -1.59. The minimum absolute atomic E-state index is 0.232. The van der Waals surface area contributed by atoms with Crippen LogP contribution in [0.15, 0.2) is 41.7 Å². The number of benzene rings is 1. The maximum absolute atomic E-state index is 12.1. The fourth-order valence-corrected chi connectivity index (χ4v) is 2.48. The van der Waals surface area contributed by atoms with Crippen molar-refractivity contribution in [1.29, 1.82) is 0 Å². The van der Waals surface area contributed by atoms with E-state index in [4.69, 9.17) is 11.6 Å². The normalized spacial score (nSPS) is 10.4. The number of amides is 1. The Morgan fingerprint density at radius 2 is 2.10 bits per heavy atom. The maximum atomic E-state index is 12.1. The van der Waals surface area contributed by atoms with Crippen molar-refractivity contribution >= 4 is 29.3 Å². The number of thioether (sulfide) groups is 1. The van der Waals surface area contributed by atoms with E-state index in [1.54, 1.807) is 0 Å². The summed E-state index contributed by atoms with van der Waals surface area (Å²) in [4.78, 5) is 20.4. The Bertz CT molecular complexity index is 607. The zero-order valence-electron chi connectivity index (χ0n) is 11.7. The molecule has 0 unspecified atom stereocenters. The van der Waals surface area contributed by atoms with Gasteiger partial charge in [0.1, 0.15) is 0 Å². The van der Waals surface area contributed by atoms with Crippen molar-refractivity contribution in [1.82, 2.24) is 15.3 Å². The van der Waals surface area contributed by atoms with Gasteiger partial charge in [0.05, 0.1) is 11.2 Å². The Labute approximate surface area is 133 Å². The Balaban J connectivity index is 1.95. The predicted molar refractivity (Wildman–Crippen MR) is 85.9 cm³/mol. The third kappa shape index (κ3) is 4.72. The Morgan fingerprint density at radius 3 is 2.81 bits per heavy atom. The molecule has 0 bridgehead atoms. The highest BCUT2D eigenvalue weighted by molar-refractivity contribution is 7.99. The van der Waals surface area contributed by atoms with E-state index in [1.807, 2.05) is 37.3 Å². The maximum Gasteiger partial charge on any atom is 0.271 e. The lowest BCUT2D eigenvalue weighted by atomic mass is 10.1. The Kier molecular flexibility index (Phi) is 6.02. The molecule has 21 heavy (non-hydrogen) atoms. The number of rotatable bonds is 6. The summed E-state index contributed by atoms with van der Waals surface area (Å²) in [5.41, 5.74) is 1.41. The molecular formula is C15H16ClN3OS. The van der Waals surface area contributed by atoms with Crippen LogP contribution in [-0.4, -0.2) is 28.2 Å². The summed E-state index contributed by atoms with van der Waals surface area (Å²) < 4.78 is 0. The molecule has 1 aromatic heterocycles. The third-order valence-electron chi connectivity index (χ3n) is 2.75. The number of carbonyl (C=O) groups is 1. The Morgan fingerprint density at radius 1 is 1.33 bits per heavy atom. The minimum Gasteiger partial charge on any atom is -0.350 e. The van der Waals surface area contributed by atoms with Gasteiger partial charge in [0.15, 0.2) is 10.9 Å². The first-order chi connectivity index (χ1) is 10.2. The number of halogens is 1. The third-order valence-corrected chi connectivity index (χ3v) is 3.77. The van der Waals surface area contributed by atoms with Crippen LogP contribution in [0.5, 0.6) is 0 Å². The smallest absolute Gasteiger partial charge is 0.271 e. The van der Waals surface area contributed by atoms with Crippen molar-refractivity contribution in [2.24, 2.45) is 0 Å². The fraction of sp³-hybridized carbons (Fsp3) is 0.267. The van der Waals surface area contributed by atoms with E-state index in [2.05, 4.69) is 15.3 Å². The van der Waals surface area contributed by atoms with Crippen LogP contribution in [0.25, 0.3) is 0 Å². The molecule has 0 aliphatic heterocycles. The summed E-state index contributed by atoms with van der Waals surface area (Å²) in [7, 11) is 0. The van der Waals surface area contributed by atoms with Crippen molar-refractivity contribution < 1.29 is 4.79 Å². The highest BCUT2D eigenvalue weighted by Gasteiger charge is 2.13. The van der Waals surface area contributed by atoms with Gasteiger partial charge in [-0.05, 0) is 17.7 Å². The van der Waals surface area contributed by atoms with E-state index in [-0.39, 0.29) is 16.6 Å². The van der Waals surface area contributed by atoms with Gasteiger partial charge in [-0.3, -0.25) is 4.79 Å². The average Bonchev–Trinajstić information content (AvgIpc) is 2.50. The zero-order valence-corrected chi connectivity index (χ0v) is 13.2. The second-order valence-electron chi connectivity index (χ2n) is 4.27. The quantitative estimate of drug-likeness (QED) is 0.655. The zero-order chi connectivity index (χ0) is 15.1. The van der Waals surface area contributed by atoms with Gasteiger partial charge in [0.25, 0.3) is 5.91 Å². The average molecular weight is 322 g/mol. The molecule has 0 radical (unpaired) electrons. The van der Waals surface area contributed by atoms with Crippen LogP contribution in [0.2, 0.25) is 5.02 Å². The van der Waals surface area contributed by atoms with Crippen molar-refractivity contribution in [2.45, 2.75) is 18.5 Å². The molecule has 1 heterocycles. The van der Waals surface area contributed by atoms with Crippen LogP contribution in [0.3, 0.4) is 0 Å². The fourth-order valence-electron chi connectivity index (χ4n) is 1.76. The van der Waals surface area contributed by atoms with Crippen LogP contribution < -0.4 is 5.32 Å². The first kappa shape index (κ1) is 15.8. The van der Waals surface area contributed by atoms with Gasteiger partial charge in [-0.25, -0.2) is 9.97 Å². The van der Waals surface area contributed by atoms with E-state index < -0.39 is 0 Å². The molecule has 1 N–H and O–H groups in total. The second-order valence-corrected chi connectivity index (χ2v) is 5.91. The first-order valence-corrected chi connectivity index (χ1v) is 8.04. The van der Waals surface area contributed by atoms with E-state index in [0.29, 0.717) is 11.7 Å². The standard InChI is InChI=1S/C15H16ClN3OS/c1-2-21-15-18-10-12(16)13(19-15)14(20)17-9-8-11-6-4-3-5-7-11/h3-7,10H,2,8-9H2,1H3,(H,17,20). The van der Waals surface area contributed by atoms with Crippen molar-refractivity contribution in [3.8, 4) is 0 Å². The van der Waals surface area contributed by atoms with Gasteiger partial charge in [0.2, 0.25) is 0 Å². The van der Waals surface area contributed by atoms with Crippen molar-refractivity contribution in [2.75, 3.05) is 12.3 Å². The molecule has 0 saturated carbocycles. The predicted octanol–water partition coefficient (Wildman–Crippen LogP) is 3.21. The molecule has 0 aliphatic rings. The van der Waals surface area contributed by atoms with Gasteiger partial charge < -0.3 is 5.32 Å². The van der Waals surface area contributed by atoms with Crippen LogP contribution >= 0.6 is 23.4 Å². The highest BCUT2D eigenvalue weighted by atomic mass is 35.5. The summed E-state index contributed by atoms with van der Waals surface area (Å²) in [5, 5.41) is 3.67. The second kappa shape index (κ2) is 8.00. The minimum atomic E-state index is -0.267. The molecule has 1 amide bonds.